The molecule has 2 amide bonds. The van der Waals surface area contributed by atoms with E-state index in [2.05, 4.69) is 6.58 Å². The molecule has 2 fully saturated rings. The summed E-state index contributed by atoms with van der Waals surface area (Å²) in [6, 6.07) is 2.72. The lowest BCUT2D eigenvalue weighted by Gasteiger charge is -2.42. The minimum Gasteiger partial charge on any atom is -0.493 e. The Morgan fingerprint density at radius 2 is 2.00 bits per heavy atom. The van der Waals surface area contributed by atoms with Crippen LogP contribution in [0.4, 0.5) is 10.5 Å². The second kappa shape index (κ2) is 13.0. The summed E-state index contributed by atoms with van der Waals surface area (Å²) >= 11 is 0. The van der Waals surface area contributed by atoms with Gasteiger partial charge in [0.15, 0.2) is 24.0 Å². The summed E-state index contributed by atoms with van der Waals surface area (Å²) in [6.07, 6.45) is 4.57. The molecular weight excluding hydrogens is 496 g/mol. The molecule has 0 radical (unpaired) electrons. The summed E-state index contributed by atoms with van der Waals surface area (Å²) in [5.41, 5.74) is 0.533. The van der Waals surface area contributed by atoms with Crippen molar-refractivity contribution in [2.75, 3.05) is 38.4 Å². The predicted octanol–water partition coefficient (Wildman–Crippen LogP) is 3.95. The van der Waals surface area contributed by atoms with E-state index in [9.17, 15) is 14.4 Å². The molecule has 3 atom stereocenters. The first-order valence-electron chi connectivity index (χ1n) is 13.2. The number of methoxy groups -OCH3 is 1. The van der Waals surface area contributed by atoms with Gasteiger partial charge in [-0.25, -0.2) is 9.69 Å². The van der Waals surface area contributed by atoms with Crippen LogP contribution in [0, 0.1) is 0 Å². The van der Waals surface area contributed by atoms with Crippen molar-refractivity contribution in [3.63, 3.8) is 0 Å². The Morgan fingerprint density at radius 3 is 2.71 bits per heavy atom. The number of aliphatic carboxylic acids is 1. The van der Waals surface area contributed by atoms with Crippen LogP contribution in [0.2, 0.25) is 0 Å². The van der Waals surface area contributed by atoms with Gasteiger partial charge in [0.2, 0.25) is 0 Å². The van der Waals surface area contributed by atoms with E-state index in [4.69, 9.17) is 28.8 Å². The molecule has 3 unspecified atom stereocenters. The van der Waals surface area contributed by atoms with E-state index in [1.54, 1.807) is 17.0 Å². The van der Waals surface area contributed by atoms with E-state index in [1.165, 1.54) is 18.1 Å². The number of rotatable bonds is 10. The van der Waals surface area contributed by atoms with E-state index >= 15 is 0 Å². The molecule has 208 valence electrons. The number of carboxylic acids is 1. The fourth-order valence-electron chi connectivity index (χ4n) is 5.10. The maximum absolute atomic E-state index is 13.9. The highest BCUT2D eigenvalue weighted by atomic mass is 16.7. The summed E-state index contributed by atoms with van der Waals surface area (Å²) in [5, 5.41) is 8.95. The zero-order valence-corrected chi connectivity index (χ0v) is 21.8. The van der Waals surface area contributed by atoms with Gasteiger partial charge in [0.05, 0.1) is 31.0 Å². The Morgan fingerprint density at radius 1 is 1.18 bits per heavy atom. The van der Waals surface area contributed by atoms with Crippen molar-refractivity contribution >= 4 is 23.7 Å². The van der Waals surface area contributed by atoms with Gasteiger partial charge in [-0.1, -0.05) is 12.7 Å². The quantitative estimate of drug-likeness (QED) is 0.352. The first-order valence-corrected chi connectivity index (χ1v) is 13.2. The van der Waals surface area contributed by atoms with Gasteiger partial charge in [0, 0.05) is 25.6 Å². The van der Waals surface area contributed by atoms with Gasteiger partial charge in [-0.05, 0) is 51.0 Å². The molecule has 3 aliphatic rings. The lowest BCUT2D eigenvalue weighted by Crippen LogP contribution is -2.57. The van der Waals surface area contributed by atoms with Crippen LogP contribution in [-0.4, -0.2) is 80.0 Å². The monoisotopic (exact) mass is 532 g/mol. The molecule has 3 aliphatic heterocycles. The first-order chi connectivity index (χ1) is 18.4. The van der Waals surface area contributed by atoms with E-state index < -0.39 is 30.6 Å². The van der Waals surface area contributed by atoms with Crippen molar-refractivity contribution in [1.29, 1.82) is 0 Å². The Labute approximate surface area is 222 Å². The third kappa shape index (κ3) is 6.21. The standard InChI is InChI=1S/C27H36N2O9/c1-3-13-37-27(33)29-20-17-22(35-15-8-10-23(30)31)21(34-2)16-18(20)25(32)28-12-6-4-9-19(28)26(29)38-24-11-5-7-14-36-24/h3,16-17,19,24,26H,1,4-15H2,2H3,(H,30,31). The van der Waals surface area contributed by atoms with Crippen molar-refractivity contribution in [2.24, 2.45) is 0 Å². The van der Waals surface area contributed by atoms with Gasteiger partial charge in [0.1, 0.15) is 6.61 Å². The largest absolute Gasteiger partial charge is 0.493 e. The maximum atomic E-state index is 13.9. The van der Waals surface area contributed by atoms with Crippen LogP contribution in [0.3, 0.4) is 0 Å². The normalized spacial score (nSPS) is 23.1. The number of anilines is 1. The topological polar surface area (TPSA) is 124 Å². The summed E-state index contributed by atoms with van der Waals surface area (Å²) < 4.78 is 29.2. The second-order valence-corrected chi connectivity index (χ2v) is 9.49. The first kappa shape index (κ1) is 27.7. The van der Waals surface area contributed by atoms with E-state index in [0.29, 0.717) is 31.7 Å². The molecular formula is C27H36N2O9. The smallest absolute Gasteiger partial charge is 0.416 e. The average molecular weight is 533 g/mol. The van der Waals surface area contributed by atoms with Crippen molar-refractivity contribution in [2.45, 2.75) is 69.9 Å². The predicted molar refractivity (Wildman–Crippen MR) is 137 cm³/mol. The van der Waals surface area contributed by atoms with Crippen LogP contribution < -0.4 is 14.4 Å². The third-order valence-corrected chi connectivity index (χ3v) is 6.91. The molecule has 1 aromatic rings. The SMILES string of the molecule is C=CCOC(=O)N1c2cc(OCCCC(=O)O)c(OC)cc2C(=O)N2CCCCC2C1OC1CCCCO1. The van der Waals surface area contributed by atoms with Crippen molar-refractivity contribution in [1.82, 2.24) is 4.90 Å². The Kier molecular flexibility index (Phi) is 9.46. The summed E-state index contributed by atoms with van der Waals surface area (Å²) in [5.74, 6) is -0.586. The van der Waals surface area contributed by atoms with E-state index in [0.717, 1.165) is 25.7 Å². The molecule has 11 nitrogen and oxygen atoms in total. The molecule has 0 aromatic heterocycles. The highest BCUT2D eigenvalue weighted by Crippen LogP contribution is 2.42. The van der Waals surface area contributed by atoms with Crippen molar-refractivity contribution in [3.05, 3.63) is 30.4 Å². The summed E-state index contributed by atoms with van der Waals surface area (Å²) in [7, 11) is 1.46. The average Bonchev–Trinajstić information content (AvgIpc) is 3.02. The van der Waals surface area contributed by atoms with Crippen LogP contribution >= 0.6 is 0 Å². The number of benzene rings is 1. The molecule has 3 heterocycles. The number of fused-ring (bicyclic) bond motifs is 2. The van der Waals surface area contributed by atoms with Gasteiger partial charge < -0.3 is 33.7 Å². The molecule has 0 bridgehead atoms. The molecule has 1 N–H and O–H groups in total. The molecule has 1 aromatic carbocycles. The van der Waals surface area contributed by atoms with Crippen LogP contribution in [0.25, 0.3) is 0 Å². The number of hydrogen-bond donors (Lipinski definition) is 1. The molecule has 2 saturated heterocycles. The lowest BCUT2D eigenvalue weighted by molar-refractivity contribution is -0.198. The van der Waals surface area contributed by atoms with Crippen LogP contribution in [0.15, 0.2) is 24.8 Å². The second-order valence-electron chi connectivity index (χ2n) is 9.49. The Bertz CT molecular complexity index is 1020. The molecule has 4 rings (SSSR count). The minimum atomic E-state index is -0.925. The van der Waals surface area contributed by atoms with E-state index in [-0.39, 0.29) is 49.0 Å². The zero-order chi connectivity index (χ0) is 27.1. The van der Waals surface area contributed by atoms with Crippen LogP contribution in [-0.2, 0) is 19.0 Å². The highest BCUT2D eigenvalue weighted by molar-refractivity contribution is 6.06. The number of carbonyl (C=O) groups excluding carboxylic acids is 2. The maximum Gasteiger partial charge on any atom is 0.416 e. The minimum absolute atomic E-state index is 0.0195. The number of carboxylic acid groups (broad SMARTS) is 1. The molecule has 0 saturated carbocycles. The third-order valence-electron chi connectivity index (χ3n) is 6.91. The van der Waals surface area contributed by atoms with Gasteiger partial charge in [-0.3, -0.25) is 9.59 Å². The number of hydrogen-bond acceptors (Lipinski definition) is 8. The fraction of sp³-hybridized carbons (Fsp3) is 0.593. The molecule has 0 aliphatic carbocycles. The van der Waals surface area contributed by atoms with Crippen LogP contribution in [0.1, 0.15) is 61.7 Å². The molecule has 11 heteroatoms. The highest BCUT2D eigenvalue weighted by Gasteiger charge is 2.46. The molecule has 38 heavy (non-hydrogen) atoms. The molecule has 0 spiro atoms. The number of carbonyl (C=O) groups is 3. The van der Waals surface area contributed by atoms with Gasteiger partial charge in [-0.2, -0.15) is 0 Å². The van der Waals surface area contributed by atoms with Crippen molar-refractivity contribution < 1.29 is 43.2 Å². The van der Waals surface area contributed by atoms with Gasteiger partial charge in [-0.15, -0.1) is 0 Å². The van der Waals surface area contributed by atoms with Crippen LogP contribution in [0.5, 0.6) is 11.5 Å². The number of piperidine rings is 1. The zero-order valence-electron chi connectivity index (χ0n) is 21.8. The van der Waals surface area contributed by atoms with Gasteiger partial charge >= 0.3 is 12.1 Å². The summed E-state index contributed by atoms with van der Waals surface area (Å²) in [6.45, 7) is 4.82. The van der Waals surface area contributed by atoms with E-state index in [1.807, 2.05) is 0 Å². The van der Waals surface area contributed by atoms with Gasteiger partial charge in [0.25, 0.3) is 5.91 Å². The Hall–Kier alpha value is -3.31. The lowest BCUT2D eigenvalue weighted by atomic mass is 10.00. The van der Waals surface area contributed by atoms with Crippen molar-refractivity contribution in [3.8, 4) is 11.5 Å². The number of ether oxygens (including phenoxy) is 5. The number of nitrogens with zero attached hydrogens (tertiary/aromatic N) is 2. The summed E-state index contributed by atoms with van der Waals surface area (Å²) in [4.78, 5) is 41.5. The number of amides is 2. The Balaban J connectivity index is 1.78. The fourth-order valence-corrected chi connectivity index (χ4v) is 5.10.